The van der Waals surface area contributed by atoms with Crippen molar-refractivity contribution < 1.29 is 0 Å². The van der Waals surface area contributed by atoms with Gasteiger partial charge >= 0.3 is 0 Å². The van der Waals surface area contributed by atoms with Crippen LogP contribution in [0.5, 0.6) is 0 Å². The van der Waals surface area contributed by atoms with E-state index in [9.17, 15) is 0 Å². The molecule has 120 valence electrons. The van der Waals surface area contributed by atoms with Crippen molar-refractivity contribution in [2.45, 2.75) is 0 Å². The molecule has 30 heavy (non-hydrogen) atoms. The second-order valence-electron chi connectivity index (χ2n) is 3.75. The van der Waals surface area contributed by atoms with Crippen molar-refractivity contribution >= 4 is 0 Å². The van der Waals surface area contributed by atoms with Crippen molar-refractivity contribution in [3.05, 3.63) is 182 Å². The van der Waals surface area contributed by atoms with E-state index in [1.807, 2.05) is 0 Å². The van der Waals surface area contributed by atoms with Crippen LogP contribution in [0.2, 0.25) is 0 Å². The van der Waals surface area contributed by atoms with Gasteiger partial charge in [-0.05, 0) is 0 Å². The van der Waals surface area contributed by atoms with Crippen LogP contribution in [0.4, 0.5) is 0 Å². The zero-order valence-electron chi connectivity index (χ0n) is 15.0. The standard InChI is InChI=1S/C30/c1-2-4-6-8-10-12-14-16-18-20-22-24-26-28-30-29-27-25-23-21-19-17-15-13-11-9-7-5-3-1. The predicted molar refractivity (Wildman–Crippen MR) is 97.3 cm³/mol. The second-order valence-corrected chi connectivity index (χ2v) is 3.75. The van der Waals surface area contributed by atoms with E-state index in [0.717, 1.165) is 0 Å². The van der Waals surface area contributed by atoms with E-state index in [-0.39, 0.29) is 0 Å². The number of rotatable bonds is 0. The lowest BCUT2D eigenvalue weighted by molar-refractivity contribution is 1.85. The van der Waals surface area contributed by atoms with Crippen LogP contribution in [-0.4, -0.2) is 0 Å². The van der Waals surface area contributed by atoms with E-state index in [4.69, 9.17) is 0 Å². The maximum atomic E-state index is 2.50. The van der Waals surface area contributed by atoms with Crippen molar-refractivity contribution in [2.24, 2.45) is 0 Å². The first-order valence-corrected chi connectivity index (χ1v) is 7.50. The summed E-state index contributed by atoms with van der Waals surface area (Å²) in [7, 11) is 0. The zero-order chi connectivity index (χ0) is 21.2. The van der Waals surface area contributed by atoms with E-state index in [1.54, 1.807) is 0 Å². The lowest BCUT2D eigenvalue weighted by atomic mass is 10.6. The van der Waals surface area contributed by atoms with Gasteiger partial charge in [0.2, 0.25) is 0 Å². The third-order valence-electron chi connectivity index (χ3n) is 1.88. The molecule has 0 aliphatic carbocycles. The van der Waals surface area contributed by atoms with Crippen LogP contribution in [0.15, 0.2) is 0 Å². The van der Waals surface area contributed by atoms with Crippen molar-refractivity contribution in [3.8, 4) is 0 Å². The monoisotopic (exact) mass is 360 g/mol. The average molecular weight is 360 g/mol. The van der Waals surface area contributed by atoms with Crippen LogP contribution in [0.3, 0.4) is 0 Å². The van der Waals surface area contributed by atoms with E-state index in [0.29, 0.717) is 0 Å². The van der Waals surface area contributed by atoms with Gasteiger partial charge in [-0.1, -0.05) is 0 Å². The van der Waals surface area contributed by atoms with Crippen molar-refractivity contribution in [2.75, 3.05) is 0 Å². The highest BCUT2D eigenvalue weighted by Gasteiger charge is 1.42. The molecule has 0 aliphatic heterocycles. The SMILES string of the molecule is c1c#cc#cc#cc#cc#cc#cc#cc#cc#cc#cc#cc#cc#cc#cc#1. The Morgan fingerprint density at radius 2 is 0.100 bits per heavy atom. The summed E-state index contributed by atoms with van der Waals surface area (Å²) in [5.74, 6) is 0. The van der Waals surface area contributed by atoms with E-state index in [1.165, 1.54) is 0 Å². The average Bonchev–Trinajstić information content (AvgIpc) is 2.76. The van der Waals surface area contributed by atoms with Crippen LogP contribution >= 0.6 is 0 Å². The molecule has 0 bridgehead atoms. The molecule has 1 aromatic carbocycles. The third kappa shape index (κ3) is 16.3. The molecule has 0 heteroatoms. The highest BCUT2D eigenvalue weighted by Crippen LogP contribution is 1.50. The summed E-state index contributed by atoms with van der Waals surface area (Å²) in [5.41, 5.74) is 0. The third-order valence-corrected chi connectivity index (χ3v) is 1.88. The summed E-state index contributed by atoms with van der Waals surface area (Å²) < 4.78 is 0. The fourth-order valence-electron chi connectivity index (χ4n) is 0.938. The van der Waals surface area contributed by atoms with Gasteiger partial charge in [0.1, 0.15) is 0 Å². The van der Waals surface area contributed by atoms with Crippen LogP contribution in [0.1, 0.15) is 0 Å². The topological polar surface area (TPSA) is 0 Å². The summed E-state index contributed by atoms with van der Waals surface area (Å²) in [6, 6.07) is 75.0. The van der Waals surface area contributed by atoms with Gasteiger partial charge < -0.3 is 0 Å². The van der Waals surface area contributed by atoms with Gasteiger partial charge in [-0.2, -0.15) is 0 Å². The summed E-state index contributed by atoms with van der Waals surface area (Å²) in [6.07, 6.45) is 0. The van der Waals surface area contributed by atoms with Crippen LogP contribution in [0.25, 0.3) is 0 Å². The molecule has 0 radical (unpaired) electrons. The molecular weight excluding hydrogens is 360 g/mol. The first-order valence-electron chi connectivity index (χ1n) is 7.50. The van der Waals surface area contributed by atoms with Crippen LogP contribution < -0.4 is 0 Å². The van der Waals surface area contributed by atoms with Crippen molar-refractivity contribution in [1.82, 2.24) is 0 Å². The highest BCUT2D eigenvalue weighted by molar-refractivity contribution is 4.66. The molecule has 1 aromatic rings. The maximum absolute atomic E-state index is 2.50. The molecule has 0 N–H and O–H groups in total. The van der Waals surface area contributed by atoms with Gasteiger partial charge in [0.15, 0.2) is 0 Å². The van der Waals surface area contributed by atoms with Crippen LogP contribution in [0, 0.1) is 182 Å². The number of hydrogen-bond acceptors (Lipinski definition) is 0. The van der Waals surface area contributed by atoms with Gasteiger partial charge in [0.05, 0.1) is 0 Å². The minimum Gasteiger partial charge on any atom is 0 e. The fourth-order valence-corrected chi connectivity index (χ4v) is 0.938. The molecule has 0 spiro atoms. The predicted octanol–water partition coefficient (Wildman–Crippen LogP) is 2.44. The Bertz CT molecular complexity index is 543. The Kier molecular flexibility index (Phi) is 13.4. The molecule has 0 fully saturated rings. The van der Waals surface area contributed by atoms with Gasteiger partial charge in [0.25, 0.3) is 0 Å². The van der Waals surface area contributed by atoms with Crippen LogP contribution in [-0.2, 0) is 0 Å². The summed E-state index contributed by atoms with van der Waals surface area (Å²) in [4.78, 5) is 0. The summed E-state index contributed by atoms with van der Waals surface area (Å²) in [5, 5.41) is 0. The minimum atomic E-state index is 2.50. The Labute approximate surface area is 182 Å². The smallest absolute Gasteiger partial charge is 0 e. The summed E-state index contributed by atoms with van der Waals surface area (Å²) >= 11 is 0. The molecular formula is C30. The largest absolute Gasteiger partial charge is 0 e. The van der Waals surface area contributed by atoms with Gasteiger partial charge in [-0.25, -0.2) is 0 Å². The van der Waals surface area contributed by atoms with Gasteiger partial charge in [-0.15, -0.1) is 0 Å². The van der Waals surface area contributed by atoms with E-state index < -0.39 is 0 Å². The normalized spacial score (nSPS) is 4.00. The zero-order valence-corrected chi connectivity index (χ0v) is 15.0. The van der Waals surface area contributed by atoms with E-state index in [2.05, 4.69) is 182 Å². The Hall–Kier alpha value is -6.60. The molecule has 0 aromatic heterocycles. The van der Waals surface area contributed by atoms with Crippen molar-refractivity contribution in [1.29, 1.82) is 0 Å². The lowest BCUT2D eigenvalue weighted by Gasteiger charge is -1.39. The molecule has 1 rings (SSSR count). The Morgan fingerprint density at radius 3 is 0.133 bits per heavy atom. The first-order chi connectivity index (χ1) is 15.0. The molecule has 0 nitrogen and oxygen atoms in total. The second kappa shape index (κ2) is 18.7. The maximum Gasteiger partial charge on any atom is 0 e. The van der Waals surface area contributed by atoms with Gasteiger partial charge in [-0.3, -0.25) is 0 Å². The molecule has 0 unspecified atom stereocenters. The van der Waals surface area contributed by atoms with Gasteiger partial charge in [0, 0.05) is 182 Å². The quantitative estimate of drug-likeness (QED) is 0.667. The summed E-state index contributed by atoms with van der Waals surface area (Å²) in [6.45, 7) is 0. The van der Waals surface area contributed by atoms with Crippen molar-refractivity contribution in [3.63, 3.8) is 0 Å². The first kappa shape index (κ1) is 21.4. The molecule has 0 saturated carbocycles. The molecule has 0 heterocycles. The Morgan fingerprint density at radius 1 is 0.0667 bits per heavy atom. The fraction of sp³-hybridized carbons (Fsp3) is 0. The molecule has 0 atom stereocenters. The number of hydrogen-bond donors (Lipinski definition) is 0. The Balaban J connectivity index is 3.00. The molecule has 0 amide bonds. The lowest BCUT2D eigenvalue weighted by Crippen LogP contribution is -1.31. The highest BCUT2D eigenvalue weighted by atomic mass is 13.4. The molecule has 0 saturated heterocycles. The molecule has 0 aliphatic rings. The van der Waals surface area contributed by atoms with E-state index >= 15 is 0 Å². The minimum absolute atomic E-state index is 2.50.